The molecule has 1 fully saturated rings. The van der Waals surface area contributed by atoms with Crippen molar-refractivity contribution in [2.75, 3.05) is 37.8 Å². The van der Waals surface area contributed by atoms with Crippen molar-refractivity contribution >= 4 is 69.1 Å². The number of aliphatic hydroxyl groups is 2. The first-order valence-electron chi connectivity index (χ1n) is 19.9. The highest BCUT2D eigenvalue weighted by atomic mass is 32.2. The molecule has 2 aromatic rings. The van der Waals surface area contributed by atoms with Gasteiger partial charge in [-0.15, -0.1) is 0 Å². The van der Waals surface area contributed by atoms with Crippen molar-refractivity contribution in [1.82, 2.24) is 30.2 Å². The maximum atomic E-state index is 12.7. The summed E-state index contributed by atoms with van der Waals surface area (Å²) in [6, 6.07) is 0. The van der Waals surface area contributed by atoms with Gasteiger partial charge in [0.2, 0.25) is 16.9 Å². The van der Waals surface area contributed by atoms with E-state index in [1.165, 1.54) is 52.0 Å². The number of aromatic nitrogens is 4. The van der Waals surface area contributed by atoms with Gasteiger partial charge in [0.1, 0.15) is 36.3 Å². The number of unbranched alkanes of at least 4 members (excludes halogenated alkanes) is 6. The molecule has 1 aliphatic heterocycles. The fraction of sp³-hybridized carbons (Fsp3) is 0.657. The summed E-state index contributed by atoms with van der Waals surface area (Å²) >= 11 is 1.04. The van der Waals surface area contributed by atoms with Crippen molar-refractivity contribution in [1.29, 1.82) is 0 Å². The van der Waals surface area contributed by atoms with Gasteiger partial charge in [-0.25, -0.2) is 28.6 Å². The van der Waals surface area contributed by atoms with E-state index in [9.17, 15) is 57.9 Å². The summed E-state index contributed by atoms with van der Waals surface area (Å²) in [7, 11) is -16.4. The average Bonchev–Trinajstić information content (AvgIpc) is 3.76. The topological polar surface area (TPSA) is 364 Å². The molecule has 0 aliphatic carbocycles. The van der Waals surface area contributed by atoms with Crippen LogP contribution in [0.1, 0.15) is 84.8 Å². The highest BCUT2D eigenvalue weighted by Crippen LogP contribution is 2.61. The summed E-state index contributed by atoms with van der Waals surface area (Å²) < 4.78 is 62.3. The maximum absolute atomic E-state index is 12.7. The molecule has 0 radical (unpaired) electrons. The van der Waals surface area contributed by atoms with Gasteiger partial charge in [-0.2, -0.15) is 4.31 Å². The maximum Gasteiger partial charge on any atom is 0.481 e. The van der Waals surface area contributed by atoms with Crippen LogP contribution in [0.3, 0.4) is 0 Å². The average molecular weight is 974 g/mol. The van der Waals surface area contributed by atoms with Crippen LogP contribution in [0.4, 0.5) is 5.82 Å². The second kappa shape index (κ2) is 25.7. The minimum atomic E-state index is -5.58. The van der Waals surface area contributed by atoms with Crippen LogP contribution in [0.25, 0.3) is 11.2 Å². The molecule has 2 amide bonds. The van der Waals surface area contributed by atoms with Gasteiger partial charge in [0.25, 0.3) is 0 Å². The van der Waals surface area contributed by atoms with Gasteiger partial charge in [-0.05, 0) is 25.3 Å². The van der Waals surface area contributed by atoms with Gasteiger partial charge in [0.15, 0.2) is 17.7 Å². The van der Waals surface area contributed by atoms with Crippen LogP contribution in [0, 0.1) is 5.41 Å². The zero-order valence-corrected chi connectivity index (χ0v) is 38.5. The third kappa shape index (κ3) is 19.2. The van der Waals surface area contributed by atoms with Gasteiger partial charge >= 0.3 is 23.5 Å². The monoisotopic (exact) mass is 973 g/mol. The van der Waals surface area contributed by atoms with Crippen LogP contribution in [-0.2, 0) is 50.7 Å². The molecule has 28 heteroatoms. The molecule has 24 nitrogen and oxygen atoms in total. The predicted molar refractivity (Wildman–Crippen MR) is 228 cm³/mol. The molecule has 0 bridgehead atoms. The number of amides is 2. The van der Waals surface area contributed by atoms with Gasteiger partial charge in [0.05, 0.1) is 19.5 Å². The molecule has 0 spiro atoms. The van der Waals surface area contributed by atoms with Crippen molar-refractivity contribution in [2.45, 2.75) is 109 Å². The summed E-state index contributed by atoms with van der Waals surface area (Å²) in [6.07, 6.45) is 9.60. The minimum Gasteiger partial charge on any atom is -0.386 e. The standard InChI is InChI=1S/C35H58N7O17P3S/c1-4-5-6-7-8-9-10-11-12-13-14-15-26(44)63-19-18-37-25(43)16-17-38-33(47)30(46)35(2,3)21-56-62(53,54)59-61(51,52)55-20-24-29(58-60(48,49)50)28(45)34(57-24)42-23-41-27-31(36)39-22-40-32(27)42/h11-12,14-15,22-24,28-30,34,45-46H,4-10,13,16-21H2,1-3H3,(H,37,43)(H,38,47)(H,51,52)(H,53,54)(H2,36,39,40)(H2,48,49,50)/b12-11-,15-14+/t24-,28-,29-,30+,34-/m1/s1. The fourth-order valence-electron chi connectivity index (χ4n) is 5.83. The molecule has 1 aliphatic rings. The Kier molecular flexibility index (Phi) is 22.1. The molecule has 356 valence electrons. The molecule has 63 heavy (non-hydrogen) atoms. The number of nitrogens with zero attached hydrogens (tertiary/aromatic N) is 4. The number of fused-ring (bicyclic) bond motifs is 1. The molecule has 0 saturated carbocycles. The highest BCUT2D eigenvalue weighted by molar-refractivity contribution is 8.14. The van der Waals surface area contributed by atoms with Gasteiger partial charge < -0.3 is 50.9 Å². The first-order valence-corrected chi connectivity index (χ1v) is 25.4. The normalized spacial score (nSPS) is 20.8. The summed E-state index contributed by atoms with van der Waals surface area (Å²) in [5.74, 6) is -1.13. The van der Waals surface area contributed by atoms with E-state index in [1.807, 2.05) is 6.08 Å². The largest absolute Gasteiger partial charge is 0.481 e. The Hall–Kier alpha value is -2.96. The van der Waals surface area contributed by atoms with Crippen LogP contribution < -0.4 is 16.4 Å². The number of carbonyl (C=O) groups excluding carboxylic acids is 3. The predicted octanol–water partition coefficient (Wildman–Crippen LogP) is 2.92. The number of hydrogen-bond acceptors (Lipinski definition) is 18. The van der Waals surface area contributed by atoms with Crippen molar-refractivity contribution < 1.29 is 80.5 Å². The fourth-order valence-corrected chi connectivity index (χ4v) is 9.26. The number of nitrogen functional groups attached to an aromatic ring is 1. The summed E-state index contributed by atoms with van der Waals surface area (Å²) in [5, 5.41) is 26.3. The molecule has 2 aromatic heterocycles. The summed E-state index contributed by atoms with van der Waals surface area (Å²) in [5.41, 5.74) is 4.27. The number of nitrogens with two attached hydrogens (primary N) is 1. The van der Waals surface area contributed by atoms with E-state index < -0.39 is 84.6 Å². The van der Waals surface area contributed by atoms with Gasteiger partial charge in [-0.1, -0.05) is 82.9 Å². The molecular formula is C35H58N7O17P3S. The third-order valence-corrected chi connectivity index (χ3v) is 13.1. The van der Waals surface area contributed by atoms with Crippen LogP contribution in [-0.4, -0.2) is 123 Å². The van der Waals surface area contributed by atoms with Crippen LogP contribution in [0.15, 0.2) is 37.0 Å². The lowest BCUT2D eigenvalue weighted by Crippen LogP contribution is -2.46. The van der Waals surface area contributed by atoms with Gasteiger partial charge in [-0.3, -0.25) is 32.5 Å². The van der Waals surface area contributed by atoms with Crippen molar-refractivity contribution in [3.63, 3.8) is 0 Å². The second-order valence-corrected chi connectivity index (χ2v) is 20.2. The molecule has 3 rings (SSSR count). The molecular weight excluding hydrogens is 915 g/mol. The number of nitrogens with one attached hydrogen (secondary N) is 2. The quantitative estimate of drug-likeness (QED) is 0.0245. The minimum absolute atomic E-state index is 0.0307. The number of aliphatic hydroxyl groups excluding tert-OH is 2. The Morgan fingerprint density at radius 2 is 1.68 bits per heavy atom. The van der Waals surface area contributed by atoms with E-state index in [1.54, 1.807) is 6.08 Å². The highest BCUT2D eigenvalue weighted by Gasteiger charge is 2.50. The molecule has 3 heterocycles. The first-order chi connectivity index (χ1) is 29.6. The van der Waals surface area contributed by atoms with Crippen LogP contribution >= 0.6 is 35.2 Å². The summed E-state index contributed by atoms with van der Waals surface area (Å²) in [4.78, 5) is 88.0. The zero-order valence-electron chi connectivity index (χ0n) is 35.0. The van der Waals surface area contributed by atoms with E-state index in [-0.39, 0.29) is 41.6 Å². The number of thioether (sulfide) groups is 1. The Bertz CT molecular complexity index is 2020. The van der Waals surface area contributed by atoms with E-state index >= 15 is 0 Å². The number of allylic oxidation sites excluding steroid dienone is 3. The molecule has 10 N–H and O–H groups in total. The van der Waals surface area contributed by atoms with E-state index in [0.29, 0.717) is 12.2 Å². The van der Waals surface area contributed by atoms with Gasteiger partial charge in [0, 0.05) is 30.7 Å². The van der Waals surface area contributed by atoms with Crippen molar-refractivity contribution in [2.24, 2.45) is 5.41 Å². The number of rotatable bonds is 29. The Labute approximate surface area is 368 Å². The SMILES string of the molecule is CCCCCCCC/C=C\C/C=C/C(=O)SCCNC(=O)CCNC(=O)[C@H](O)C(C)(C)COP(=O)(O)OP(=O)(O)OC[C@H]1O[C@@H](n2cnc3c(N)ncnc32)[C@H](O)[C@@H]1OP(=O)(O)O. The first kappa shape index (κ1) is 54.4. The molecule has 7 atom stereocenters. The lowest BCUT2D eigenvalue weighted by Gasteiger charge is -2.30. The lowest BCUT2D eigenvalue weighted by atomic mass is 9.87. The number of phosphoric ester groups is 3. The Morgan fingerprint density at radius 3 is 2.40 bits per heavy atom. The molecule has 0 aromatic carbocycles. The number of imidazole rings is 1. The number of phosphoric acid groups is 3. The van der Waals surface area contributed by atoms with E-state index in [0.717, 1.165) is 41.8 Å². The molecule has 1 saturated heterocycles. The lowest BCUT2D eigenvalue weighted by molar-refractivity contribution is -0.137. The number of hydrogen-bond donors (Lipinski definition) is 9. The third-order valence-electron chi connectivity index (χ3n) is 9.16. The smallest absolute Gasteiger partial charge is 0.386 e. The van der Waals surface area contributed by atoms with Crippen molar-refractivity contribution in [3.8, 4) is 0 Å². The Balaban J connectivity index is 1.38. The second-order valence-electron chi connectivity index (χ2n) is 14.9. The Morgan fingerprint density at radius 1 is 0.984 bits per heavy atom. The van der Waals surface area contributed by atoms with Crippen LogP contribution in [0.5, 0.6) is 0 Å². The zero-order chi connectivity index (χ0) is 46.8. The number of anilines is 1. The van der Waals surface area contributed by atoms with Crippen LogP contribution in [0.2, 0.25) is 0 Å². The van der Waals surface area contributed by atoms with Crippen molar-refractivity contribution in [3.05, 3.63) is 37.0 Å². The number of ether oxygens (including phenoxy) is 1. The molecule has 2 unspecified atom stereocenters. The summed E-state index contributed by atoms with van der Waals surface area (Å²) in [6.45, 7) is 2.68. The van der Waals surface area contributed by atoms with E-state index in [4.69, 9.17) is 19.5 Å². The number of carbonyl (C=O) groups is 3. The van der Waals surface area contributed by atoms with E-state index in [2.05, 4.69) is 47.4 Å².